The molecule has 0 spiro atoms. The van der Waals surface area contributed by atoms with Crippen molar-refractivity contribution in [2.75, 3.05) is 0 Å². The van der Waals surface area contributed by atoms with Crippen LogP contribution in [0.5, 0.6) is 0 Å². The van der Waals surface area contributed by atoms with Crippen LogP contribution in [0.2, 0.25) is 0 Å². The van der Waals surface area contributed by atoms with E-state index < -0.39 is 0 Å². The predicted molar refractivity (Wildman–Crippen MR) is 77.6 cm³/mol. The van der Waals surface area contributed by atoms with Gasteiger partial charge in [-0.1, -0.05) is 58.4 Å². The van der Waals surface area contributed by atoms with Gasteiger partial charge in [0.1, 0.15) is 0 Å². The van der Waals surface area contributed by atoms with Crippen LogP contribution in [0.1, 0.15) is 22.1 Å². The Morgan fingerprint density at radius 2 is 1.76 bits per heavy atom. The molecule has 0 fully saturated rings. The zero-order valence-electron chi connectivity index (χ0n) is 9.66. The van der Waals surface area contributed by atoms with Crippen molar-refractivity contribution >= 4 is 27.5 Å². The van der Waals surface area contributed by atoms with Gasteiger partial charge in [-0.05, 0) is 36.1 Å². The van der Waals surface area contributed by atoms with E-state index in [9.17, 15) is 0 Å². The maximum Gasteiger partial charge on any atom is 0.0628 e. The Balaban J connectivity index is 2.20. The zero-order chi connectivity index (χ0) is 12.3. The number of benzene rings is 2. The van der Waals surface area contributed by atoms with Gasteiger partial charge in [-0.15, -0.1) is 11.6 Å². The molecule has 0 nitrogen and oxygen atoms in total. The Labute approximate surface area is 116 Å². The third-order valence-corrected chi connectivity index (χ3v) is 4.15. The Hall–Kier alpha value is -0.790. The molecule has 0 saturated carbocycles. The summed E-state index contributed by atoms with van der Waals surface area (Å²) in [6.07, 6.45) is 0.861. The molecule has 0 aliphatic heterocycles. The first-order valence-electron chi connectivity index (χ1n) is 5.61. The first kappa shape index (κ1) is 12.7. The van der Waals surface area contributed by atoms with E-state index >= 15 is 0 Å². The molecule has 1 atom stereocenters. The maximum absolute atomic E-state index is 6.50. The minimum atomic E-state index is 0.0231. The van der Waals surface area contributed by atoms with Crippen LogP contribution in [-0.2, 0) is 6.42 Å². The zero-order valence-corrected chi connectivity index (χ0v) is 12.0. The molecule has 88 valence electrons. The summed E-state index contributed by atoms with van der Waals surface area (Å²) in [6, 6.07) is 16.5. The molecule has 0 aromatic heterocycles. The topological polar surface area (TPSA) is 0 Å². The second-order valence-corrected chi connectivity index (χ2v) is 5.49. The van der Waals surface area contributed by atoms with Crippen LogP contribution in [0.15, 0.2) is 53.0 Å². The summed E-state index contributed by atoms with van der Waals surface area (Å²) >= 11 is 10.0. The van der Waals surface area contributed by atoms with Gasteiger partial charge < -0.3 is 0 Å². The van der Waals surface area contributed by atoms with Gasteiger partial charge in [0.25, 0.3) is 0 Å². The SMILES string of the molecule is Cc1c(Br)cccc1C(Cl)Cc1ccccc1. The highest BCUT2D eigenvalue weighted by Crippen LogP contribution is 2.30. The molecule has 0 saturated heterocycles. The van der Waals surface area contributed by atoms with Crippen molar-refractivity contribution < 1.29 is 0 Å². The van der Waals surface area contributed by atoms with E-state index in [1.807, 2.05) is 30.3 Å². The molecular weight excluding hydrogens is 296 g/mol. The number of alkyl halides is 1. The average molecular weight is 310 g/mol. The molecule has 2 rings (SSSR count). The Kier molecular flexibility index (Phi) is 4.25. The van der Waals surface area contributed by atoms with Crippen LogP contribution >= 0.6 is 27.5 Å². The van der Waals surface area contributed by atoms with Gasteiger partial charge in [-0.2, -0.15) is 0 Å². The minimum Gasteiger partial charge on any atom is -0.117 e. The maximum atomic E-state index is 6.50. The van der Waals surface area contributed by atoms with Crippen LogP contribution in [0.4, 0.5) is 0 Å². The van der Waals surface area contributed by atoms with Gasteiger partial charge in [0.15, 0.2) is 0 Å². The van der Waals surface area contributed by atoms with Crippen molar-refractivity contribution in [2.45, 2.75) is 18.7 Å². The van der Waals surface area contributed by atoms with Gasteiger partial charge in [0, 0.05) is 4.47 Å². The van der Waals surface area contributed by atoms with Crippen molar-refractivity contribution in [1.29, 1.82) is 0 Å². The first-order chi connectivity index (χ1) is 8.18. The highest BCUT2D eigenvalue weighted by atomic mass is 79.9. The van der Waals surface area contributed by atoms with Crippen LogP contribution in [0, 0.1) is 6.92 Å². The van der Waals surface area contributed by atoms with Gasteiger partial charge >= 0.3 is 0 Å². The Bertz CT molecular complexity index is 494. The van der Waals surface area contributed by atoms with E-state index in [2.05, 4.69) is 41.1 Å². The summed E-state index contributed by atoms with van der Waals surface area (Å²) in [5.41, 5.74) is 3.69. The molecule has 2 aromatic rings. The molecule has 2 aromatic carbocycles. The summed E-state index contributed by atoms with van der Waals surface area (Å²) in [5, 5.41) is 0.0231. The number of rotatable bonds is 3. The molecular formula is C15H14BrCl. The highest BCUT2D eigenvalue weighted by molar-refractivity contribution is 9.10. The van der Waals surface area contributed by atoms with Crippen molar-refractivity contribution in [3.8, 4) is 0 Å². The van der Waals surface area contributed by atoms with Crippen molar-refractivity contribution in [1.82, 2.24) is 0 Å². The lowest BCUT2D eigenvalue weighted by Crippen LogP contribution is -1.98. The number of halogens is 2. The Morgan fingerprint density at radius 1 is 1.06 bits per heavy atom. The lowest BCUT2D eigenvalue weighted by Gasteiger charge is -2.14. The lowest BCUT2D eigenvalue weighted by atomic mass is 10.0. The molecule has 17 heavy (non-hydrogen) atoms. The molecule has 0 aliphatic rings. The van der Waals surface area contributed by atoms with Crippen LogP contribution in [-0.4, -0.2) is 0 Å². The fourth-order valence-electron chi connectivity index (χ4n) is 1.89. The third-order valence-electron chi connectivity index (χ3n) is 2.90. The molecule has 0 radical (unpaired) electrons. The van der Waals surface area contributed by atoms with Crippen molar-refractivity contribution in [3.05, 3.63) is 69.7 Å². The highest BCUT2D eigenvalue weighted by Gasteiger charge is 2.12. The fraction of sp³-hybridized carbons (Fsp3) is 0.200. The number of hydrogen-bond acceptors (Lipinski definition) is 0. The van der Waals surface area contributed by atoms with Gasteiger partial charge in [-0.25, -0.2) is 0 Å². The largest absolute Gasteiger partial charge is 0.117 e. The fourth-order valence-corrected chi connectivity index (χ4v) is 2.69. The molecule has 0 amide bonds. The van der Waals surface area contributed by atoms with Crippen molar-refractivity contribution in [2.24, 2.45) is 0 Å². The van der Waals surface area contributed by atoms with E-state index in [0.29, 0.717) is 0 Å². The summed E-state index contributed by atoms with van der Waals surface area (Å²) < 4.78 is 1.12. The van der Waals surface area contributed by atoms with Gasteiger partial charge in [-0.3, -0.25) is 0 Å². The predicted octanol–water partition coefficient (Wildman–Crippen LogP) is 5.28. The summed E-state index contributed by atoms with van der Waals surface area (Å²) in [7, 11) is 0. The van der Waals surface area contributed by atoms with Crippen LogP contribution in [0.3, 0.4) is 0 Å². The molecule has 0 heterocycles. The van der Waals surface area contributed by atoms with E-state index in [1.165, 1.54) is 16.7 Å². The number of hydrogen-bond donors (Lipinski definition) is 0. The standard InChI is InChI=1S/C15H14BrCl/c1-11-13(8-5-9-14(11)16)15(17)10-12-6-3-2-4-7-12/h2-9,15H,10H2,1H3. The molecule has 0 N–H and O–H groups in total. The monoisotopic (exact) mass is 308 g/mol. The van der Waals surface area contributed by atoms with Crippen molar-refractivity contribution in [3.63, 3.8) is 0 Å². The lowest BCUT2D eigenvalue weighted by molar-refractivity contribution is 0.908. The smallest absolute Gasteiger partial charge is 0.0628 e. The molecule has 2 heteroatoms. The van der Waals surface area contributed by atoms with E-state index in [4.69, 9.17) is 11.6 Å². The summed E-state index contributed by atoms with van der Waals surface area (Å²) in [5.74, 6) is 0. The normalized spacial score (nSPS) is 12.4. The first-order valence-corrected chi connectivity index (χ1v) is 6.84. The Morgan fingerprint density at radius 3 is 2.47 bits per heavy atom. The van der Waals surface area contributed by atoms with E-state index in [1.54, 1.807) is 0 Å². The van der Waals surface area contributed by atoms with E-state index in [0.717, 1.165) is 10.9 Å². The average Bonchev–Trinajstić information content (AvgIpc) is 2.34. The van der Waals surface area contributed by atoms with Crippen LogP contribution in [0.25, 0.3) is 0 Å². The van der Waals surface area contributed by atoms with Crippen LogP contribution < -0.4 is 0 Å². The third kappa shape index (κ3) is 3.11. The van der Waals surface area contributed by atoms with Gasteiger partial charge in [0.2, 0.25) is 0 Å². The van der Waals surface area contributed by atoms with Gasteiger partial charge in [0.05, 0.1) is 5.38 Å². The molecule has 1 unspecified atom stereocenters. The quantitative estimate of drug-likeness (QED) is 0.677. The molecule has 0 aliphatic carbocycles. The second-order valence-electron chi connectivity index (χ2n) is 4.11. The minimum absolute atomic E-state index is 0.0231. The molecule has 0 bridgehead atoms. The van der Waals surface area contributed by atoms with E-state index in [-0.39, 0.29) is 5.38 Å². The summed E-state index contributed by atoms with van der Waals surface area (Å²) in [6.45, 7) is 2.10. The second kappa shape index (κ2) is 5.70. The summed E-state index contributed by atoms with van der Waals surface area (Å²) in [4.78, 5) is 0.